The van der Waals surface area contributed by atoms with Crippen molar-refractivity contribution in [2.45, 2.75) is 25.0 Å². The Labute approximate surface area is 191 Å². The van der Waals surface area contributed by atoms with E-state index in [0.717, 1.165) is 0 Å². The van der Waals surface area contributed by atoms with Crippen molar-refractivity contribution in [2.75, 3.05) is 27.3 Å². The summed E-state index contributed by atoms with van der Waals surface area (Å²) in [6, 6.07) is 5.56. The number of nitrogens with two attached hydrogens (primary N) is 1. The van der Waals surface area contributed by atoms with Crippen LogP contribution in [0.25, 0.3) is 16.9 Å². The number of carbonyl (C=O) groups excluding carboxylic acids is 1. The van der Waals surface area contributed by atoms with Crippen molar-refractivity contribution in [1.29, 1.82) is 0 Å². The van der Waals surface area contributed by atoms with Crippen LogP contribution in [0.15, 0.2) is 36.7 Å². The molecule has 0 radical (unpaired) electrons. The lowest BCUT2D eigenvalue weighted by atomic mass is 10.1. The average molecular weight is 482 g/mol. The Bertz CT molecular complexity index is 1220. The SMILES string of the molecule is COc1cc(-c2cnc3cc(OC[C@@H]4CC(F)(F)CN4C)ccn23)cc(OC(F)F)c1C(N)=O. The normalized spacial score (nSPS) is 17.9. The second-order valence-electron chi connectivity index (χ2n) is 7.97. The maximum atomic E-state index is 13.6. The Morgan fingerprint density at radius 3 is 2.65 bits per heavy atom. The number of carbonyl (C=O) groups is 1. The third kappa shape index (κ3) is 4.72. The van der Waals surface area contributed by atoms with E-state index in [9.17, 15) is 22.4 Å². The van der Waals surface area contributed by atoms with E-state index >= 15 is 0 Å². The van der Waals surface area contributed by atoms with Crippen LogP contribution in [0, 0.1) is 0 Å². The van der Waals surface area contributed by atoms with Gasteiger partial charge in [-0.2, -0.15) is 8.78 Å². The van der Waals surface area contributed by atoms with Gasteiger partial charge in [-0.3, -0.25) is 14.1 Å². The highest BCUT2D eigenvalue weighted by Crippen LogP contribution is 2.36. The molecular weight excluding hydrogens is 460 g/mol. The molecule has 1 amide bonds. The van der Waals surface area contributed by atoms with Gasteiger partial charge in [-0.15, -0.1) is 0 Å². The number of imidazole rings is 1. The Hall–Kier alpha value is -3.54. The predicted molar refractivity (Wildman–Crippen MR) is 114 cm³/mol. The summed E-state index contributed by atoms with van der Waals surface area (Å²) in [6.45, 7) is -3.40. The van der Waals surface area contributed by atoms with E-state index in [1.54, 1.807) is 34.7 Å². The zero-order valence-electron chi connectivity index (χ0n) is 18.3. The number of likely N-dealkylation sites (tertiary alicyclic amines) is 1. The molecule has 12 heteroatoms. The van der Waals surface area contributed by atoms with Gasteiger partial charge in [0.15, 0.2) is 0 Å². The fourth-order valence-electron chi connectivity index (χ4n) is 4.03. The average Bonchev–Trinajstić information content (AvgIpc) is 3.29. The minimum atomic E-state index is -3.18. The van der Waals surface area contributed by atoms with E-state index in [2.05, 4.69) is 9.72 Å². The van der Waals surface area contributed by atoms with Gasteiger partial charge in [0.25, 0.3) is 11.8 Å². The van der Waals surface area contributed by atoms with E-state index in [1.807, 2.05) is 0 Å². The molecule has 1 atom stereocenters. The highest BCUT2D eigenvalue weighted by Gasteiger charge is 2.43. The number of methoxy groups -OCH3 is 1. The van der Waals surface area contributed by atoms with E-state index in [4.69, 9.17) is 15.2 Å². The summed E-state index contributed by atoms with van der Waals surface area (Å²) in [5.41, 5.74) is 6.35. The number of hydrogen-bond donors (Lipinski definition) is 1. The molecule has 3 heterocycles. The number of hydrogen-bond acceptors (Lipinski definition) is 6. The second-order valence-corrected chi connectivity index (χ2v) is 7.97. The van der Waals surface area contributed by atoms with Crippen LogP contribution in [-0.4, -0.2) is 66.1 Å². The molecule has 182 valence electrons. The largest absolute Gasteiger partial charge is 0.496 e. The number of benzene rings is 1. The number of fused-ring (bicyclic) bond motifs is 1. The second kappa shape index (κ2) is 9.01. The van der Waals surface area contributed by atoms with Gasteiger partial charge in [-0.25, -0.2) is 13.8 Å². The molecule has 3 aromatic rings. The molecule has 8 nitrogen and oxygen atoms in total. The van der Waals surface area contributed by atoms with Crippen LogP contribution < -0.4 is 19.9 Å². The van der Waals surface area contributed by atoms with Gasteiger partial charge in [0.1, 0.15) is 35.1 Å². The van der Waals surface area contributed by atoms with Crippen molar-refractivity contribution in [1.82, 2.24) is 14.3 Å². The quantitative estimate of drug-likeness (QED) is 0.495. The number of aromatic nitrogens is 2. The van der Waals surface area contributed by atoms with E-state index in [0.29, 0.717) is 22.7 Å². The van der Waals surface area contributed by atoms with E-state index in [1.165, 1.54) is 25.4 Å². The number of pyridine rings is 1. The molecule has 1 aliphatic rings. The molecule has 2 aromatic heterocycles. The molecule has 1 fully saturated rings. The van der Waals surface area contributed by atoms with Crippen molar-refractivity contribution in [3.63, 3.8) is 0 Å². The molecule has 4 rings (SSSR count). The lowest BCUT2D eigenvalue weighted by Gasteiger charge is -2.18. The maximum Gasteiger partial charge on any atom is 0.387 e. The number of amides is 1. The van der Waals surface area contributed by atoms with Gasteiger partial charge in [0.2, 0.25) is 0 Å². The molecule has 0 spiro atoms. The molecule has 1 saturated heterocycles. The highest BCUT2D eigenvalue weighted by molar-refractivity contribution is 5.99. The zero-order chi connectivity index (χ0) is 24.6. The lowest BCUT2D eigenvalue weighted by Crippen LogP contribution is -2.30. The predicted octanol–water partition coefficient (Wildman–Crippen LogP) is 3.43. The smallest absolute Gasteiger partial charge is 0.387 e. The van der Waals surface area contributed by atoms with Crippen LogP contribution in [0.3, 0.4) is 0 Å². The van der Waals surface area contributed by atoms with Crippen molar-refractivity contribution in [3.8, 4) is 28.5 Å². The standard InChI is InChI=1S/C22H22F4N4O4/c1-29-11-22(25,26)8-13(29)10-33-14-3-4-30-15(9-28-18(30)7-14)12-5-16(32-2)19(20(27)31)17(6-12)34-21(23)24/h3-7,9,13,21H,8,10-11H2,1-2H3,(H2,27,31)/t13-/m0/s1. The Balaban J connectivity index is 1.62. The fraction of sp³-hybridized carbons (Fsp3) is 0.364. The summed E-state index contributed by atoms with van der Waals surface area (Å²) in [5, 5.41) is 0. The van der Waals surface area contributed by atoms with Crippen LogP contribution in [0.5, 0.6) is 17.2 Å². The number of ether oxygens (including phenoxy) is 3. The minimum Gasteiger partial charge on any atom is -0.496 e. The number of nitrogens with zero attached hydrogens (tertiary/aromatic N) is 3. The first-order valence-electron chi connectivity index (χ1n) is 10.2. The molecule has 34 heavy (non-hydrogen) atoms. The van der Waals surface area contributed by atoms with Crippen LogP contribution in [0.4, 0.5) is 17.6 Å². The van der Waals surface area contributed by atoms with Crippen molar-refractivity contribution >= 4 is 11.6 Å². The fourth-order valence-corrected chi connectivity index (χ4v) is 4.03. The minimum absolute atomic E-state index is 0.0342. The Morgan fingerprint density at radius 1 is 1.29 bits per heavy atom. The summed E-state index contributed by atoms with van der Waals surface area (Å²) in [6.07, 6.45) is 2.86. The van der Waals surface area contributed by atoms with Crippen molar-refractivity contribution in [2.24, 2.45) is 5.73 Å². The first-order chi connectivity index (χ1) is 16.1. The number of rotatable bonds is 8. The maximum absolute atomic E-state index is 13.6. The number of alkyl halides is 4. The van der Waals surface area contributed by atoms with Gasteiger partial charge < -0.3 is 19.9 Å². The summed E-state index contributed by atoms with van der Waals surface area (Å²) in [5.74, 6) is -3.73. The van der Waals surface area contributed by atoms with Crippen LogP contribution >= 0.6 is 0 Å². The molecule has 1 aliphatic heterocycles. The molecule has 0 saturated carbocycles. The topological polar surface area (TPSA) is 91.3 Å². The van der Waals surface area contributed by atoms with Crippen molar-refractivity contribution < 1.29 is 36.6 Å². The molecule has 0 aliphatic carbocycles. The van der Waals surface area contributed by atoms with Gasteiger partial charge in [0, 0.05) is 30.3 Å². The molecule has 0 bridgehead atoms. The van der Waals surface area contributed by atoms with Crippen LogP contribution in [0.2, 0.25) is 0 Å². The molecule has 2 N–H and O–H groups in total. The molecule has 1 aromatic carbocycles. The Kier molecular flexibility index (Phi) is 6.26. The summed E-state index contributed by atoms with van der Waals surface area (Å²) in [7, 11) is 2.90. The van der Waals surface area contributed by atoms with E-state index in [-0.39, 0.29) is 30.9 Å². The van der Waals surface area contributed by atoms with Crippen molar-refractivity contribution in [3.05, 3.63) is 42.2 Å². The van der Waals surface area contributed by atoms with Gasteiger partial charge in [-0.1, -0.05) is 0 Å². The first-order valence-corrected chi connectivity index (χ1v) is 10.2. The lowest BCUT2D eigenvalue weighted by molar-refractivity contribution is -0.0502. The third-order valence-electron chi connectivity index (χ3n) is 5.61. The monoisotopic (exact) mass is 482 g/mol. The number of primary amides is 1. The van der Waals surface area contributed by atoms with E-state index < -0.39 is 30.2 Å². The third-order valence-corrected chi connectivity index (χ3v) is 5.61. The zero-order valence-corrected chi connectivity index (χ0v) is 18.3. The van der Waals surface area contributed by atoms with Gasteiger partial charge in [-0.05, 0) is 25.2 Å². The van der Waals surface area contributed by atoms with Gasteiger partial charge in [0.05, 0.1) is 25.5 Å². The summed E-state index contributed by atoms with van der Waals surface area (Å²) >= 11 is 0. The molecular formula is C22H22F4N4O4. The van der Waals surface area contributed by atoms with Crippen LogP contribution in [-0.2, 0) is 0 Å². The molecule has 0 unspecified atom stereocenters. The summed E-state index contributed by atoms with van der Waals surface area (Å²) in [4.78, 5) is 17.7. The van der Waals surface area contributed by atoms with Crippen LogP contribution in [0.1, 0.15) is 16.8 Å². The van der Waals surface area contributed by atoms with Gasteiger partial charge >= 0.3 is 6.61 Å². The Morgan fingerprint density at radius 2 is 2.03 bits per heavy atom. The highest BCUT2D eigenvalue weighted by atomic mass is 19.3. The number of halogens is 4. The first kappa shape index (κ1) is 23.6. The number of likely N-dealkylation sites (N-methyl/N-ethyl adjacent to an activating group) is 1. The summed E-state index contributed by atoms with van der Waals surface area (Å²) < 4.78 is 70.0.